The molecule has 0 unspecified atom stereocenters. The van der Waals surface area contributed by atoms with Gasteiger partial charge in [0.05, 0.1) is 10.7 Å². The van der Waals surface area contributed by atoms with Crippen LogP contribution in [0.3, 0.4) is 0 Å². The predicted molar refractivity (Wildman–Crippen MR) is 123 cm³/mol. The van der Waals surface area contributed by atoms with E-state index in [1.165, 1.54) is 4.68 Å². The zero-order valence-electron chi connectivity index (χ0n) is 18.0. The topological polar surface area (TPSA) is 56.2 Å². The lowest BCUT2D eigenvalue weighted by Gasteiger charge is -2.09. The van der Waals surface area contributed by atoms with Gasteiger partial charge in [-0.05, 0) is 61.2 Å². The SMILES string of the molecule is O=C(NCCCn1nc(C(F)(F)F)c(Cl)c1C1CC1)c1ccc(COc2ccc(Cl)cc2)cc1. The number of carbonyl (C=O) groups excluding carboxylic acids is 1. The lowest BCUT2D eigenvalue weighted by molar-refractivity contribution is -0.141. The summed E-state index contributed by atoms with van der Waals surface area (Å²) in [5.41, 5.74) is 0.780. The molecule has 3 aromatic rings. The van der Waals surface area contributed by atoms with Gasteiger partial charge >= 0.3 is 6.18 Å². The van der Waals surface area contributed by atoms with E-state index in [-0.39, 0.29) is 23.4 Å². The third kappa shape index (κ3) is 6.04. The summed E-state index contributed by atoms with van der Waals surface area (Å²) in [4.78, 5) is 12.4. The molecule has 1 aliphatic rings. The van der Waals surface area contributed by atoms with E-state index < -0.39 is 11.9 Å². The zero-order valence-corrected chi connectivity index (χ0v) is 19.6. The number of nitrogens with one attached hydrogen (secondary N) is 1. The third-order valence-electron chi connectivity index (χ3n) is 5.43. The molecule has 1 aromatic heterocycles. The highest BCUT2D eigenvalue weighted by atomic mass is 35.5. The highest BCUT2D eigenvalue weighted by molar-refractivity contribution is 6.32. The summed E-state index contributed by atoms with van der Waals surface area (Å²) in [5, 5.41) is 6.81. The Morgan fingerprint density at radius 2 is 1.76 bits per heavy atom. The molecular formula is C24H22Cl2F3N3O2. The minimum Gasteiger partial charge on any atom is -0.489 e. The summed E-state index contributed by atoms with van der Waals surface area (Å²) in [7, 11) is 0. The lowest BCUT2D eigenvalue weighted by atomic mass is 10.1. The summed E-state index contributed by atoms with van der Waals surface area (Å²) in [5.74, 6) is 0.451. The van der Waals surface area contributed by atoms with Crippen LogP contribution in [0.15, 0.2) is 48.5 Å². The van der Waals surface area contributed by atoms with Crippen LogP contribution in [-0.2, 0) is 19.3 Å². The van der Waals surface area contributed by atoms with E-state index >= 15 is 0 Å². The van der Waals surface area contributed by atoms with Gasteiger partial charge in [-0.1, -0.05) is 35.3 Å². The number of ether oxygens (including phenoxy) is 1. The van der Waals surface area contributed by atoms with Gasteiger partial charge in [0, 0.05) is 29.6 Å². The molecular weight excluding hydrogens is 490 g/mol. The van der Waals surface area contributed by atoms with E-state index in [1.54, 1.807) is 48.5 Å². The van der Waals surface area contributed by atoms with Crippen molar-refractivity contribution in [2.45, 2.75) is 44.5 Å². The molecule has 180 valence electrons. The van der Waals surface area contributed by atoms with Gasteiger partial charge in [-0.15, -0.1) is 0 Å². The first-order valence-corrected chi connectivity index (χ1v) is 11.6. The fraction of sp³-hybridized carbons (Fsp3) is 0.333. The van der Waals surface area contributed by atoms with Crippen molar-refractivity contribution in [3.8, 4) is 5.75 Å². The van der Waals surface area contributed by atoms with Gasteiger partial charge in [0.15, 0.2) is 5.69 Å². The molecule has 1 fully saturated rings. The Morgan fingerprint density at radius 1 is 1.09 bits per heavy atom. The number of amides is 1. The molecule has 5 nitrogen and oxygen atoms in total. The number of alkyl halides is 3. The third-order valence-corrected chi connectivity index (χ3v) is 6.06. The Kier molecular flexibility index (Phi) is 7.38. The molecule has 0 aliphatic heterocycles. The fourth-order valence-corrected chi connectivity index (χ4v) is 4.06. The van der Waals surface area contributed by atoms with E-state index in [0.717, 1.165) is 18.4 Å². The van der Waals surface area contributed by atoms with Crippen LogP contribution < -0.4 is 10.1 Å². The maximum absolute atomic E-state index is 13.2. The van der Waals surface area contributed by atoms with Gasteiger partial charge in [0.1, 0.15) is 12.4 Å². The second-order valence-electron chi connectivity index (χ2n) is 8.09. The summed E-state index contributed by atoms with van der Waals surface area (Å²) < 4.78 is 46.5. The number of halogens is 5. The zero-order chi connectivity index (χ0) is 24.3. The van der Waals surface area contributed by atoms with E-state index in [9.17, 15) is 18.0 Å². The van der Waals surface area contributed by atoms with Crippen LogP contribution >= 0.6 is 23.2 Å². The molecule has 1 heterocycles. The number of aryl methyl sites for hydroxylation is 1. The Labute approximate surface area is 204 Å². The standard InChI is InChI=1S/C24H22Cl2F3N3O2/c25-18-8-10-19(11-9-18)34-14-15-2-4-17(5-3-15)23(33)30-12-1-13-32-21(16-6-7-16)20(26)22(31-32)24(27,28)29/h2-5,8-11,16H,1,6-7,12-14H2,(H,30,33). The van der Waals surface area contributed by atoms with Gasteiger partial charge in [-0.3, -0.25) is 9.48 Å². The molecule has 0 saturated heterocycles. The highest BCUT2D eigenvalue weighted by Gasteiger charge is 2.41. The molecule has 0 spiro atoms. The molecule has 1 aliphatic carbocycles. The molecule has 10 heteroatoms. The average Bonchev–Trinajstić information content (AvgIpc) is 3.58. The molecule has 1 saturated carbocycles. The molecule has 0 radical (unpaired) electrons. The normalized spacial score (nSPS) is 13.7. The van der Waals surface area contributed by atoms with Crippen molar-refractivity contribution in [2.75, 3.05) is 6.54 Å². The largest absolute Gasteiger partial charge is 0.489 e. The van der Waals surface area contributed by atoms with E-state index in [1.807, 2.05) is 0 Å². The van der Waals surface area contributed by atoms with Crippen molar-refractivity contribution in [3.05, 3.63) is 81.1 Å². The van der Waals surface area contributed by atoms with Crippen LogP contribution in [0.25, 0.3) is 0 Å². The second kappa shape index (κ2) is 10.3. The van der Waals surface area contributed by atoms with Crippen LogP contribution in [0.4, 0.5) is 13.2 Å². The van der Waals surface area contributed by atoms with E-state index in [2.05, 4.69) is 10.4 Å². The van der Waals surface area contributed by atoms with Crippen molar-refractivity contribution in [1.82, 2.24) is 15.1 Å². The van der Waals surface area contributed by atoms with Crippen molar-refractivity contribution in [3.63, 3.8) is 0 Å². The number of hydrogen-bond donors (Lipinski definition) is 1. The van der Waals surface area contributed by atoms with Gasteiger partial charge in [0.25, 0.3) is 5.91 Å². The number of carbonyl (C=O) groups is 1. The van der Waals surface area contributed by atoms with Crippen LogP contribution in [0, 0.1) is 0 Å². The van der Waals surface area contributed by atoms with Gasteiger partial charge in [0.2, 0.25) is 0 Å². The number of aromatic nitrogens is 2. The molecule has 4 rings (SSSR count). The molecule has 1 amide bonds. The van der Waals surface area contributed by atoms with Crippen molar-refractivity contribution in [2.24, 2.45) is 0 Å². The highest BCUT2D eigenvalue weighted by Crippen LogP contribution is 2.46. The molecule has 1 N–H and O–H groups in total. The maximum atomic E-state index is 13.2. The number of nitrogens with zero attached hydrogens (tertiary/aromatic N) is 2. The van der Waals surface area contributed by atoms with Gasteiger partial charge in [-0.25, -0.2) is 0 Å². The van der Waals surface area contributed by atoms with Crippen LogP contribution in [0.5, 0.6) is 5.75 Å². The molecule has 34 heavy (non-hydrogen) atoms. The first-order chi connectivity index (χ1) is 16.2. The first-order valence-electron chi connectivity index (χ1n) is 10.8. The molecule has 0 bridgehead atoms. The number of hydrogen-bond acceptors (Lipinski definition) is 3. The molecule has 2 aromatic carbocycles. The van der Waals surface area contributed by atoms with Crippen LogP contribution in [0.2, 0.25) is 10.0 Å². The van der Waals surface area contributed by atoms with Crippen molar-refractivity contribution in [1.29, 1.82) is 0 Å². The summed E-state index contributed by atoms with van der Waals surface area (Å²) in [6.45, 7) is 0.880. The monoisotopic (exact) mass is 511 g/mol. The van der Waals surface area contributed by atoms with Crippen molar-refractivity contribution < 1.29 is 22.7 Å². The predicted octanol–water partition coefficient (Wildman–Crippen LogP) is 6.49. The van der Waals surface area contributed by atoms with Gasteiger partial charge < -0.3 is 10.1 Å². The smallest absolute Gasteiger partial charge is 0.436 e. The summed E-state index contributed by atoms with van der Waals surface area (Å²) >= 11 is 11.8. The minimum atomic E-state index is -4.59. The maximum Gasteiger partial charge on any atom is 0.436 e. The lowest BCUT2D eigenvalue weighted by Crippen LogP contribution is -2.25. The Hall–Kier alpha value is -2.71. The molecule has 0 atom stereocenters. The van der Waals surface area contributed by atoms with Crippen molar-refractivity contribution >= 4 is 29.1 Å². The van der Waals surface area contributed by atoms with Gasteiger partial charge in [-0.2, -0.15) is 18.3 Å². The Morgan fingerprint density at radius 3 is 2.38 bits per heavy atom. The summed E-state index contributed by atoms with van der Waals surface area (Å²) in [6, 6.07) is 14.0. The van der Waals surface area contributed by atoms with Crippen LogP contribution in [-0.4, -0.2) is 22.2 Å². The number of benzene rings is 2. The number of rotatable bonds is 9. The Bertz CT molecular complexity index is 1140. The summed E-state index contributed by atoms with van der Waals surface area (Å²) in [6.07, 6.45) is -2.56. The van der Waals surface area contributed by atoms with E-state index in [0.29, 0.717) is 41.6 Å². The van der Waals surface area contributed by atoms with Crippen LogP contribution in [0.1, 0.15) is 52.5 Å². The first kappa shape index (κ1) is 24.4. The second-order valence-corrected chi connectivity index (χ2v) is 8.91. The van der Waals surface area contributed by atoms with E-state index in [4.69, 9.17) is 27.9 Å². The Balaban J connectivity index is 1.26. The minimum absolute atomic E-state index is 0.0212. The average molecular weight is 512 g/mol. The fourth-order valence-electron chi connectivity index (χ4n) is 3.53. The quantitative estimate of drug-likeness (QED) is 0.334.